The Morgan fingerprint density at radius 2 is 1.77 bits per heavy atom. The molecular formula is C25H42N4O5S. The number of nitrogens with zero attached hydrogens (tertiary/aromatic N) is 1. The molecule has 4 N–H and O–H groups in total. The zero-order valence-corrected chi connectivity index (χ0v) is 22.3. The van der Waals surface area contributed by atoms with E-state index in [1.807, 2.05) is 58.0 Å². The summed E-state index contributed by atoms with van der Waals surface area (Å²) < 4.78 is 25.9. The second-order valence-electron chi connectivity index (χ2n) is 10.2. The number of sulfonamides is 1. The Morgan fingerprint density at radius 3 is 2.29 bits per heavy atom. The summed E-state index contributed by atoms with van der Waals surface area (Å²) in [6.07, 6.45) is 1.93. The summed E-state index contributed by atoms with van der Waals surface area (Å²) >= 11 is 0. The highest BCUT2D eigenvalue weighted by molar-refractivity contribution is 7.88. The molecule has 1 heterocycles. The lowest BCUT2D eigenvalue weighted by Gasteiger charge is -2.32. The highest BCUT2D eigenvalue weighted by Crippen LogP contribution is 2.13. The number of hydrogen-bond donors (Lipinski definition) is 4. The summed E-state index contributed by atoms with van der Waals surface area (Å²) in [5.74, 6) is -0.718. The highest BCUT2D eigenvalue weighted by Gasteiger charge is 2.33. The van der Waals surface area contributed by atoms with E-state index < -0.39 is 34.1 Å². The standard InChI is InChI=1S/C25H42N4O5S/c1-17(2)15-29(35(5,33)34)16-22(30)21(14-19-10-7-6-8-11-19)27-25(32)23(18(3)4)28-24(31)20-12-9-13-26-20/h6-8,10-11,17-18,20-23,26,30H,9,12-16H2,1-5H3,(H,27,32)(H,28,31)/t20-,21-,22+,23-/m0/s1. The van der Waals surface area contributed by atoms with Gasteiger partial charge in [-0.25, -0.2) is 8.42 Å². The van der Waals surface area contributed by atoms with Crippen LogP contribution in [0.1, 0.15) is 46.1 Å². The van der Waals surface area contributed by atoms with Gasteiger partial charge in [-0.3, -0.25) is 9.59 Å². The van der Waals surface area contributed by atoms with Gasteiger partial charge < -0.3 is 21.1 Å². The molecule has 0 saturated carbocycles. The maximum absolute atomic E-state index is 13.3. The number of aliphatic hydroxyl groups excluding tert-OH is 1. The molecule has 0 aliphatic carbocycles. The van der Waals surface area contributed by atoms with Crippen molar-refractivity contribution in [3.05, 3.63) is 35.9 Å². The SMILES string of the molecule is CC(C)CN(C[C@@H](O)[C@H](Cc1ccccc1)NC(=O)[C@@H](NC(=O)[C@@H]1CCCN1)C(C)C)S(C)(=O)=O. The van der Waals surface area contributed by atoms with Crippen LogP contribution in [0.3, 0.4) is 0 Å². The van der Waals surface area contributed by atoms with Crippen molar-refractivity contribution in [1.82, 2.24) is 20.3 Å². The second-order valence-corrected chi connectivity index (χ2v) is 12.2. The first-order valence-corrected chi connectivity index (χ1v) is 14.2. The number of carbonyl (C=O) groups excluding carboxylic acids is 2. The molecule has 0 aromatic heterocycles. The summed E-state index contributed by atoms with van der Waals surface area (Å²) in [6.45, 7) is 8.41. The fourth-order valence-electron chi connectivity index (χ4n) is 4.21. The van der Waals surface area contributed by atoms with E-state index in [1.54, 1.807) is 0 Å². The van der Waals surface area contributed by atoms with Crippen LogP contribution in [0.2, 0.25) is 0 Å². The van der Waals surface area contributed by atoms with Crippen molar-refractivity contribution in [1.29, 1.82) is 0 Å². The Labute approximate surface area is 210 Å². The minimum atomic E-state index is -3.55. The van der Waals surface area contributed by atoms with Gasteiger partial charge in [0, 0.05) is 13.1 Å². The number of hydrogen-bond acceptors (Lipinski definition) is 6. The molecule has 1 fully saturated rings. The van der Waals surface area contributed by atoms with E-state index >= 15 is 0 Å². The molecular weight excluding hydrogens is 468 g/mol. The lowest BCUT2D eigenvalue weighted by molar-refractivity contribution is -0.131. The average Bonchev–Trinajstić information content (AvgIpc) is 3.31. The average molecular weight is 511 g/mol. The summed E-state index contributed by atoms with van der Waals surface area (Å²) in [4.78, 5) is 26.0. The molecule has 1 aromatic carbocycles. The number of benzene rings is 1. The maximum Gasteiger partial charge on any atom is 0.243 e. The Morgan fingerprint density at radius 1 is 1.11 bits per heavy atom. The molecule has 0 bridgehead atoms. The summed E-state index contributed by atoms with van der Waals surface area (Å²) in [5, 5.41) is 20.0. The van der Waals surface area contributed by atoms with E-state index in [2.05, 4.69) is 16.0 Å². The van der Waals surface area contributed by atoms with Crippen LogP contribution in [-0.4, -0.2) is 79.8 Å². The first-order valence-electron chi connectivity index (χ1n) is 12.4. The lowest BCUT2D eigenvalue weighted by Crippen LogP contribution is -2.58. The molecule has 10 heteroatoms. The van der Waals surface area contributed by atoms with Gasteiger partial charge in [0.2, 0.25) is 21.8 Å². The van der Waals surface area contributed by atoms with Crippen molar-refractivity contribution in [2.75, 3.05) is 25.9 Å². The van der Waals surface area contributed by atoms with E-state index in [0.717, 1.165) is 31.2 Å². The van der Waals surface area contributed by atoms with Crippen molar-refractivity contribution in [2.24, 2.45) is 11.8 Å². The summed E-state index contributed by atoms with van der Waals surface area (Å²) in [7, 11) is -3.55. The minimum Gasteiger partial charge on any atom is -0.390 e. The Bertz CT molecular complexity index is 917. The first kappa shape index (κ1) is 29.2. The molecule has 2 rings (SSSR count). The van der Waals surface area contributed by atoms with Crippen LogP contribution in [0.4, 0.5) is 0 Å². The van der Waals surface area contributed by atoms with Gasteiger partial charge in [0.05, 0.1) is 24.4 Å². The van der Waals surface area contributed by atoms with Crippen LogP contribution in [0.5, 0.6) is 0 Å². The van der Waals surface area contributed by atoms with E-state index in [0.29, 0.717) is 6.42 Å². The fraction of sp³-hybridized carbons (Fsp3) is 0.680. The van der Waals surface area contributed by atoms with E-state index in [4.69, 9.17) is 0 Å². The van der Waals surface area contributed by atoms with Crippen LogP contribution in [0, 0.1) is 11.8 Å². The normalized spacial score (nSPS) is 19.1. The number of amides is 2. The predicted molar refractivity (Wildman–Crippen MR) is 137 cm³/mol. The van der Waals surface area contributed by atoms with Gasteiger partial charge in [0.1, 0.15) is 6.04 Å². The molecule has 1 aliphatic rings. The predicted octanol–water partition coefficient (Wildman–Crippen LogP) is 0.885. The molecule has 1 aliphatic heterocycles. The third kappa shape index (κ3) is 9.51. The molecule has 0 spiro atoms. The number of nitrogens with one attached hydrogen (secondary N) is 3. The monoisotopic (exact) mass is 510 g/mol. The zero-order valence-electron chi connectivity index (χ0n) is 21.5. The third-order valence-electron chi connectivity index (χ3n) is 6.14. The Kier molecular flexibility index (Phi) is 11.1. The Hall–Kier alpha value is -2.01. The first-order chi connectivity index (χ1) is 16.4. The lowest BCUT2D eigenvalue weighted by atomic mass is 9.98. The third-order valence-corrected chi connectivity index (χ3v) is 7.38. The van der Waals surface area contributed by atoms with Gasteiger partial charge in [-0.1, -0.05) is 58.0 Å². The van der Waals surface area contributed by atoms with Crippen molar-refractivity contribution in [3.8, 4) is 0 Å². The molecule has 35 heavy (non-hydrogen) atoms. The van der Waals surface area contributed by atoms with E-state index in [-0.39, 0.29) is 36.9 Å². The zero-order chi connectivity index (χ0) is 26.2. The van der Waals surface area contributed by atoms with Crippen LogP contribution in [-0.2, 0) is 26.0 Å². The molecule has 1 saturated heterocycles. The van der Waals surface area contributed by atoms with Crippen LogP contribution >= 0.6 is 0 Å². The van der Waals surface area contributed by atoms with Crippen molar-refractivity contribution in [3.63, 3.8) is 0 Å². The van der Waals surface area contributed by atoms with Crippen LogP contribution < -0.4 is 16.0 Å². The van der Waals surface area contributed by atoms with Crippen molar-refractivity contribution >= 4 is 21.8 Å². The van der Waals surface area contributed by atoms with Gasteiger partial charge in [-0.2, -0.15) is 4.31 Å². The molecule has 0 radical (unpaired) electrons. The van der Waals surface area contributed by atoms with Crippen molar-refractivity contribution in [2.45, 2.75) is 71.2 Å². The van der Waals surface area contributed by atoms with Crippen molar-refractivity contribution < 1.29 is 23.1 Å². The molecule has 4 atom stereocenters. The smallest absolute Gasteiger partial charge is 0.243 e. The molecule has 9 nitrogen and oxygen atoms in total. The van der Waals surface area contributed by atoms with Gasteiger partial charge in [0.25, 0.3) is 0 Å². The van der Waals surface area contributed by atoms with Gasteiger partial charge in [0.15, 0.2) is 0 Å². The van der Waals surface area contributed by atoms with E-state index in [1.165, 1.54) is 4.31 Å². The molecule has 1 aromatic rings. The van der Waals surface area contributed by atoms with Crippen LogP contribution in [0.25, 0.3) is 0 Å². The highest BCUT2D eigenvalue weighted by atomic mass is 32.2. The van der Waals surface area contributed by atoms with E-state index in [9.17, 15) is 23.1 Å². The Balaban J connectivity index is 2.21. The summed E-state index contributed by atoms with van der Waals surface area (Å²) in [5.41, 5.74) is 0.895. The maximum atomic E-state index is 13.3. The van der Waals surface area contributed by atoms with Crippen LogP contribution in [0.15, 0.2) is 30.3 Å². The number of aliphatic hydroxyl groups is 1. The molecule has 2 amide bonds. The van der Waals surface area contributed by atoms with Gasteiger partial charge >= 0.3 is 0 Å². The summed E-state index contributed by atoms with van der Waals surface area (Å²) in [6, 6.07) is 7.56. The number of rotatable bonds is 13. The van der Waals surface area contributed by atoms with Gasteiger partial charge in [-0.05, 0) is 43.2 Å². The largest absolute Gasteiger partial charge is 0.390 e. The number of carbonyl (C=O) groups is 2. The molecule has 198 valence electrons. The quantitative estimate of drug-likeness (QED) is 0.312. The topological polar surface area (TPSA) is 128 Å². The van der Waals surface area contributed by atoms with Gasteiger partial charge in [-0.15, -0.1) is 0 Å². The fourth-order valence-corrected chi connectivity index (χ4v) is 5.20. The minimum absolute atomic E-state index is 0.0730. The second kappa shape index (κ2) is 13.3. The molecule has 0 unspecified atom stereocenters.